The number of hydrogen-bond donors (Lipinski definition) is 0. The number of carbonyl (C=O) groups is 1. The Morgan fingerprint density at radius 3 is 2.42 bits per heavy atom. The number of aryl methyl sites for hydroxylation is 1. The van der Waals surface area contributed by atoms with Crippen molar-refractivity contribution in [2.24, 2.45) is 0 Å². The van der Waals surface area contributed by atoms with Gasteiger partial charge in [0.15, 0.2) is 0 Å². The van der Waals surface area contributed by atoms with E-state index in [1.165, 1.54) is 25.7 Å². The molecule has 0 fully saturated rings. The lowest BCUT2D eigenvalue weighted by Gasteiger charge is -2.08. The van der Waals surface area contributed by atoms with E-state index in [1.807, 2.05) is 24.3 Å². The van der Waals surface area contributed by atoms with Crippen LogP contribution in [0.4, 0.5) is 0 Å². The Hall–Kier alpha value is -1.31. The standard InChI is InChI=1S/C17H26O2/c1-3-5-6-7-8-11-14-19-17(18)16-13-10-9-12-15(16)4-2/h9-10,12-13H,3-8,11,14H2,1-2H3. The SMILES string of the molecule is CCCCCCCCOC(=O)c1ccccc1CC. The van der Waals surface area contributed by atoms with E-state index in [4.69, 9.17) is 4.74 Å². The van der Waals surface area contributed by atoms with Crippen LogP contribution in [0.15, 0.2) is 24.3 Å². The molecule has 0 aliphatic heterocycles. The summed E-state index contributed by atoms with van der Waals surface area (Å²) in [4.78, 5) is 11.9. The fourth-order valence-electron chi connectivity index (χ4n) is 2.15. The van der Waals surface area contributed by atoms with Gasteiger partial charge in [-0.1, -0.05) is 64.2 Å². The molecule has 1 aromatic carbocycles. The molecular formula is C17H26O2. The van der Waals surface area contributed by atoms with Crippen molar-refractivity contribution >= 4 is 5.97 Å². The first-order chi connectivity index (χ1) is 9.29. The van der Waals surface area contributed by atoms with E-state index >= 15 is 0 Å². The summed E-state index contributed by atoms with van der Waals surface area (Å²) in [5, 5.41) is 0. The Morgan fingerprint density at radius 2 is 1.68 bits per heavy atom. The minimum absolute atomic E-state index is 0.175. The number of benzene rings is 1. The van der Waals surface area contributed by atoms with E-state index < -0.39 is 0 Å². The summed E-state index contributed by atoms with van der Waals surface area (Å²) in [5.41, 5.74) is 1.78. The zero-order valence-corrected chi connectivity index (χ0v) is 12.3. The van der Waals surface area contributed by atoms with Gasteiger partial charge in [0.25, 0.3) is 0 Å². The van der Waals surface area contributed by atoms with Crippen LogP contribution in [0.3, 0.4) is 0 Å². The highest BCUT2D eigenvalue weighted by atomic mass is 16.5. The van der Waals surface area contributed by atoms with Crippen molar-refractivity contribution < 1.29 is 9.53 Å². The number of carbonyl (C=O) groups excluding carboxylic acids is 1. The maximum atomic E-state index is 11.9. The third kappa shape index (κ3) is 5.91. The van der Waals surface area contributed by atoms with Crippen molar-refractivity contribution in [3.05, 3.63) is 35.4 Å². The van der Waals surface area contributed by atoms with Crippen LogP contribution in [-0.4, -0.2) is 12.6 Å². The number of esters is 1. The average Bonchev–Trinajstić information content (AvgIpc) is 2.46. The highest BCUT2D eigenvalue weighted by molar-refractivity contribution is 5.91. The van der Waals surface area contributed by atoms with Gasteiger partial charge in [0.2, 0.25) is 0 Å². The molecule has 0 saturated heterocycles. The van der Waals surface area contributed by atoms with Gasteiger partial charge in [-0.05, 0) is 24.5 Å². The second-order valence-electron chi connectivity index (χ2n) is 4.91. The average molecular weight is 262 g/mol. The van der Waals surface area contributed by atoms with Crippen LogP contribution in [0, 0.1) is 0 Å². The zero-order valence-electron chi connectivity index (χ0n) is 12.3. The van der Waals surface area contributed by atoms with Gasteiger partial charge in [0, 0.05) is 0 Å². The summed E-state index contributed by atoms with van der Waals surface area (Å²) in [5.74, 6) is -0.175. The number of hydrogen-bond acceptors (Lipinski definition) is 2. The lowest BCUT2D eigenvalue weighted by molar-refractivity contribution is 0.0496. The van der Waals surface area contributed by atoms with Crippen LogP contribution < -0.4 is 0 Å². The Balaban J connectivity index is 2.24. The predicted octanol–water partition coefficient (Wildman–Crippen LogP) is 4.77. The summed E-state index contributed by atoms with van der Waals surface area (Å²) in [6.45, 7) is 4.82. The molecule has 0 spiro atoms. The molecule has 0 aliphatic rings. The van der Waals surface area contributed by atoms with Gasteiger partial charge in [-0.2, -0.15) is 0 Å². The molecule has 0 unspecified atom stereocenters. The summed E-state index contributed by atoms with van der Waals surface area (Å²) >= 11 is 0. The Kier molecular flexibility index (Phi) is 7.95. The molecular weight excluding hydrogens is 236 g/mol. The number of ether oxygens (including phenoxy) is 1. The maximum absolute atomic E-state index is 11.9. The second kappa shape index (κ2) is 9.60. The van der Waals surface area contributed by atoms with E-state index in [0.29, 0.717) is 6.61 Å². The summed E-state index contributed by atoms with van der Waals surface area (Å²) in [6, 6.07) is 7.69. The minimum Gasteiger partial charge on any atom is -0.462 e. The molecule has 0 atom stereocenters. The monoisotopic (exact) mass is 262 g/mol. The highest BCUT2D eigenvalue weighted by Crippen LogP contribution is 2.11. The number of unbranched alkanes of at least 4 members (excludes halogenated alkanes) is 5. The number of rotatable bonds is 9. The van der Waals surface area contributed by atoms with Crippen LogP contribution >= 0.6 is 0 Å². The van der Waals surface area contributed by atoms with Crippen molar-refractivity contribution in [2.45, 2.75) is 58.8 Å². The molecule has 0 amide bonds. The van der Waals surface area contributed by atoms with E-state index in [2.05, 4.69) is 13.8 Å². The van der Waals surface area contributed by atoms with E-state index in [-0.39, 0.29) is 5.97 Å². The lowest BCUT2D eigenvalue weighted by Crippen LogP contribution is -2.09. The molecule has 0 saturated carbocycles. The fourth-order valence-corrected chi connectivity index (χ4v) is 2.15. The summed E-state index contributed by atoms with van der Waals surface area (Å²) in [7, 11) is 0. The molecule has 2 nitrogen and oxygen atoms in total. The second-order valence-corrected chi connectivity index (χ2v) is 4.91. The van der Waals surface area contributed by atoms with Gasteiger partial charge < -0.3 is 4.74 Å². The molecule has 1 rings (SSSR count). The van der Waals surface area contributed by atoms with Gasteiger partial charge in [-0.25, -0.2) is 4.79 Å². The molecule has 0 N–H and O–H groups in total. The molecule has 0 bridgehead atoms. The van der Waals surface area contributed by atoms with Crippen LogP contribution in [0.2, 0.25) is 0 Å². The lowest BCUT2D eigenvalue weighted by atomic mass is 10.1. The van der Waals surface area contributed by atoms with E-state index in [9.17, 15) is 4.79 Å². The van der Waals surface area contributed by atoms with E-state index in [0.717, 1.165) is 30.4 Å². The van der Waals surface area contributed by atoms with Gasteiger partial charge in [-0.15, -0.1) is 0 Å². The Morgan fingerprint density at radius 1 is 1.00 bits per heavy atom. The third-order valence-electron chi connectivity index (χ3n) is 3.35. The van der Waals surface area contributed by atoms with Gasteiger partial charge in [0.1, 0.15) is 0 Å². The van der Waals surface area contributed by atoms with Crippen molar-refractivity contribution in [1.82, 2.24) is 0 Å². The molecule has 19 heavy (non-hydrogen) atoms. The smallest absolute Gasteiger partial charge is 0.338 e. The van der Waals surface area contributed by atoms with Crippen molar-refractivity contribution in [2.75, 3.05) is 6.61 Å². The van der Waals surface area contributed by atoms with Crippen molar-refractivity contribution in [3.8, 4) is 0 Å². The molecule has 0 heterocycles. The molecule has 1 aromatic rings. The first-order valence-electron chi connectivity index (χ1n) is 7.54. The first-order valence-corrected chi connectivity index (χ1v) is 7.54. The topological polar surface area (TPSA) is 26.3 Å². The quantitative estimate of drug-likeness (QED) is 0.473. The molecule has 0 aromatic heterocycles. The largest absolute Gasteiger partial charge is 0.462 e. The van der Waals surface area contributed by atoms with Crippen molar-refractivity contribution in [3.63, 3.8) is 0 Å². The molecule has 2 heteroatoms. The van der Waals surface area contributed by atoms with Crippen LogP contribution in [-0.2, 0) is 11.2 Å². The minimum atomic E-state index is -0.175. The summed E-state index contributed by atoms with van der Waals surface area (Å²) < 4.78 is 5.34. The van der Waals surface area contributed by atoms with E-state index in [1.54, 1.807) is 0 Å². The molecule has 0 radical (unpaired) electrons. The predicted molar refractivity (Wildman–Crippen MR) is 79.5 cm³/mol. The van der Waals surface area contributed by atoms with Crippen LogP contribution in [0.25, 0.3) is 0 Å². The first kappa shape index (κ1) is 15.7. The van der Waals surface area contributed by atoms with Gasteiger partial charge in [-0.3, -0.25) is 0 Å². The summed E-state index contributed by atoms with van der Waals surface area (Å²) in [6.07, 6.45) is 8.11. The molecule has 106 valence electrons. The highest BCUT2D eigenvalue weighted by Gasteiger charge is 2.10. The normalized spacial score (nSPS) is 10.4. The Bertz CT molecular complexity index is 371. The van der Waals surface area contributed by atoms with Crippen LogP contribution in [0.1, 0.15) is 68.3 Å². The molecule has 0 aliphatic carbocycles. The zero-order chi connectivity index (χ0) is 13.9. The van der Waals surface area contributed by atoms with Crippen molar-refractivity contribution in [1.29, 1.82) is 0 Å². The Labute approximate surface area is 117 Å². The fraction of sp³-hybridized carbons (Fsp3) is 0.588. The van der Waals surface area contributed by atoms with Gasteiger partial charge in [0.05, 0.1) is 12.2 Å². The third-order valence-corrected chi connectivity index (χ3v) is 3.35. The maximum Gasteiger partial charge on any atom is 0.338 e. The van der Waals surface area contributed by atoms with Crippen LogP contribution in [0.5, 0.6) is 0 Å². The van der Waals surface area contributed by atoms with Gasteiger partial charge >= 0.3 is 5.97 Å².